The normalized spacial score (nSPS) is 19.7. The number of benzene rings is 2. The highest BCUT2D eigenvalue weighted by Gasteiger charge is 2.38. The van der Waals surface area contributed by atoms with Crippen molar-refractivity contribution in [3.63, 3.8) is 0 Å². The van der Waals surface area contributed by atoms with Crippen LogP contribution < -0.4 is 4.90 Å². The zero-order valence-electron chi connectivity index (χ0n) is 14.2. The van der Waals surface area contributed by atoms with Crippen molar-refractivity contribution in [3.8, 4) is 6.07 Å². The summed E-state index contributed by atoms with van der Waals surface area (Å²) in [4.78, 5) is 16.7. The van der Waals surface area contributed by atoms with Crippen LogP contribution in [-0.4, -0.2) is 23.4 Å². The summed E-state index contributed by atoms with van der Waals surface area (Å²) in [6.07, 6.45) is 0.281. The third kappa shape index (κ3) is 3.53. The van der Waals surface area contributed by atoms with Crippen LogP contribution in [0.4, 0.5) is 5.69 Å². The topological polar surface area (TPSA) is 47.3 Å². The second kappa shape index (κ2) is 7.47. The average Bonchev–Trinajstić information content (AvgIpc) is 2.69. The maximum Gasteiger partial charge on any atom is 0.229 e. The van der Waals surface area contributed by atoms with Crippen molar-refractivity contribution < 1.29 is 4.79 Å². The van der Waals surface area contributed by atoms with Gasteiger partial charge in [-0.05, 0) is 42.0 Å². The number of hydrogen-bond acceptors (Lipinski definition) is 4. The molecule has 1 amide bonds. The van der Waals surface area contributed by atoms with E-state index in [1.165, 1.54) is 11.8 Å². The van der Waals surface area contributed by atoms with Crippen molar-refractivity contribution in [2.24, 2.45) is 0 Å². The van der Waals surface area contributed by atoms with Crippen LogP contribution in [0.2, 0.25) is 10.0 Å². The average molecular weight is 416 g/mol. The Bertz CT molecular complexity index is 951. The van der Waals surface area contributed by atoms with E-state index in [0.29, 0.717) is 28.2 Å². The number of fused-ring (bicyclic) bond motifs is 1. The molecule has 0 radical (unpaired) electrons. The number of nitrogens with zero attached hydrogens (tertiary/aromatic N) is 3. The molecule has 1 fully saturated rings. The van der Waals surface area contributed by atoms with E-state index in [1.54, 1.807) is 17.0 Å². The number of hydrogen-bond donors (Lipinski definition) is 0. The molecule has 0 bridgehead atoms. The summed E-state index contributed by atoms with van der Waals surface area (Å²) in [6, 6.07) is 17.3. The highest BCUT2D eigenvalue weighted by Crippen LogP contribution is 2.43. The lowest BCUT2D eigenvalue weighted by Crippen LogP contribution is -2.47. The van der Waals surface area contributed by atoms with Crippen LogP contribution in [-0.2, 0) is 4.79 Å². The fourth-order valence-electron chi connectivity index (χ4n) is 3.36. The SMILES string of the molecule is N#CC1=C2SCN(c3ccc(Cl)cc3)CN2C(=O)C[C@@H]1c1ccc(Cl)cc1. The van der Waals surface area contributed by atoms with Crippen LogP contribution in [0.15, 0.2) is 59.1 Å². The molecule has 7 heteroatoms. The summed E-state index contributed by atoms with van der Waals surface area (Å²) >= 11 is 13.5. The number of rotatable bonds is 2. The van der Waals surface area contributed by atoms with Crippen LogP contribution >= 0.6 is 35.0 Å². The Morgan fingerprint density at radius 1 is 1.04 bits per heavy atom. The first kappa shape index (κ1) is 18.2. The van der Waals surface area contributed by atoms with Gasteiger partial charge >= 0.3 is 0 Å². The van der Waals surface area contributed by atoms with Crippen molar-refractivity contribution in [1.29, 1.82) is 5.26 Å². The molecule has 0 aromatic heterocycles. The lowest BCUT2D eigenvalue weighted by molar-refractivity contribution is -0.129. The van der Waals surface area contributed by atoms with Gasteiger partial charge in [0.1, 0.15) is 0 Å². The zero-order chi connectivity index (χ0) is 19.0. The van der Waals surface area contributed by atoms with Crippen molar-refractivity contribution in [2.75, 3.05) is 17.4 Å². The molecule has 1 atom stereocenters. The number of amides is 1. The molecule has 1 saturated heterocycles. The number of nitriles is 1. The molecular weight excluding hydrogens is 401 g/mol. The van der Waals surface area contributed by atoms with E-state index in [2.05, 4.69) is 11.0 Å². The predicted molar refractivity (Wildman–Crippen MR) is 110 cm³/mol. The van der Waals surface area contributed by atoms with E-state index < -0.39 is 0 Å². The Kier molecular flexibility index (Phi) is 5.05. The van der Waals surface area contributed by atoms with Gasteiger partial charge in [0.15, 0.2) is 0 Å². The Morgan fingerprint density at radius 3 is 2.30 bits per heavy atom. The minimum absolute atomic E-state index is 0.0233. The molecule has 0 saturated carbocycles. The molecule has 27 heavy (non-hydrogen) atoms. The number of halogens is 2. The molecule has 2 aliphatic heterocycles. The number of carbonyl (C=O) groups excluding carboxylic acids is 1. The van der Waals surface area contributed by atoms with Crippen LogP contribution in [0.5, 0.6) is 0 Å². The van der Waals surface area contributed by atoms with Gasteiger partial charge in [-0.15, -0.1) is 0 Å². The van der Waals surface area contributed by atoms with E-state index in [9.17, 15) is 10.1 Å². The summed E-state index contributed by atoms with van der Waals surface area (Å²) in [5.74, 6) is 0.468. The Morgan fingerprint density at radius 2 is 1.67 bits per heavy atom. The summed E-state index contributed by atoms with van der Waals surface area (Å²) in [6.45, 7) is 0.432. The molecule has 0 N–H and O–H groups in total. The Balaban J connectivity index is 1.65. The van der Waals surface area contributed by atoms with Gasteiger partial charge in [-0.25, -0.2) is 0 Å². The fourth-order valence-corrected chi connectivity index (χ4v) is 4.78. The molecule has 2 aromatic rings. The first-order chi connectivity index (χ1) is 13.1. The molecule has 2 aromatic carbocycles. The maximum atomic E-state index is 12.9. The van der Waals surface area contributed by atoms with Gasteiger partial charge in [0.25, 0.3) is 0 Å². The third-order valence-electron chi connectivity index (χ3n) is 4.76. The molecule has 2 heterocycles. The largest absolute Gasteiger partial charge is 0.344 e. The number of anilines is 1. The standard InChI is InChI=1S/C20H15Cl2N3OS/c21-14-3-1-13(2-4-14)17-9-19(26)25-11-24(12-27-20(25)18(17)10-23)16-7-5-15(22)6-8-16/h1-8,17H,9,11-12H2/t17-/m1/s1. The molecule has 0 unspecified atom stereocenters. The second-order valence-corrected chi connectivity index (χ2v) is 8.20. The second-order valence-electron chi connectivity index (χ2n) is 6.39. The lowest BCUT2D eigenvalue weighted by atomic mass is 9.86. The van der Waals surface area contributed by atoms with E-state index in [4.69, 9.17) is 23.2 Å². The van der Waals surface area contributed by atoms with Crippen molar-refractivity contribution >= 4 is 46.6 Å². The minimum atomic E-state index is -0.222. The summed E-state index contributed by atoms with van der Waals surface area (Å²) in [5.41, 5.74) is 2.59. The summed E-state index contributed by atoms with van der Waals surface area (Å²) in [5, 5.41) is 11.9. The van der Waals surface area contributed by atoms with Gasteiger partial charge in [-0.2, -0.15) is 5.26 Å². The predicted octanol–water partition coefficient (Wildman–Crippen LogP) is 5.21. The van der Waals surface area contributed by atoms with Crippen molar-refractivity contribution in [1.82, 2.24) is 4.90 Å². The Hall–Kier alpha value is -2.13. The highest BCUT2D eigenvalue weighted by molar-refractivity contribution is 8.03. The fraction of sp³-hybridized carbons (Fsp3) is 0.200. The van der Waals surface area contributed by atoms with Gasteiger partial charge in [-0.1, -0.05) is 47.1 Å². The number of carbonyl (C=O) groups is 1. The smallest absolute Gasteiger partial charge is 0.229 e. The highest BCUT2D eigenvalue weighted by atomic mass is 35.5. The number of thioether (sulfide) groups is 1. The van der Waals surface area contributed by atoms with Crippen LogP contribution in [0, 0.1) is 11.3 Å². The third-order valence-corrected chi connectivity index (χ3v) is 6.42. The monoisotopic (exact) mass is 415 g/mol. The maximum absolute atomic E-state index is 12.9. The van der Waals surface area contributed by atoms with E-state index >= 15 is 0 Å². The molecule has 2 aliphatic rings. The summed E-state index contributed by atoms with van der Waals surface area (Å²) in [7, 11) is 0. The molecule has 0 spiro atoms. The van der Waals surface area contributed by atoms with Gasteiger partial charge in [0, 0.05) is 28.1 Å². The van der Waals surface area contributed by atoms with Crippen LogP contribution in [0.3, 0.4) is 0 Å². The van der Waals surface area contributed by atoms with Crippen LogP contribution in [0.25, 0.3) is 0 Å². The molecular formula is C20H15Cl2N3OS. The van der Waals surface area contributed by atoms with Gasteiger partial charge < -0.3 is 4.90 Å². The number of allylic oxidation sites excluding steroid dienone is 1. The molecule has 4 nitrogen and oxygen atoms in total. The van der Waals surface area contributed by atoms with E-state index in [-0.39, 0.29) is 18.2 Å². The first-order valence-electron chi connectivity index (χ1n) is 8.40. The Labute approximate surface area is 172 Å². The first-order valence-corrected chi connectivity index (χ1v) is 10.1. The molecule has 0 aliphatic carbocycles. The lowest BCUT2D eigenvalue weighted by Gasteiger charge is -2.42. The zero-order valence-corrected chi connectivity index (χ0v) is 16.6. The van der Waals surface area contributed by atoms with Gasteiger partial charge in [-0.3, -0.25) is 9.69 Å². The quantitative estimate of drug-likeness (QED) is 0.674. The van der Waals surface area contributed by atoms with E-state index in [0.717, 1.165) is 16.3 Å². The van der Waals surface area contributed by atoms with Crippen molar-refractivity contribution in [3.05, 3.63) is 74.7 Å². The van der Waals surface area contributed by atoms with Gasteiger partial charge in [0.05, 0.1) is 29.2 Å². The van der Waals surface area contributed by atoms with Crippen molar-refractivity contribution in [2.45, 2.75) is 12.3 Å². The summed E-state index contributed by atoms with van der Waals surface area (Å²) < 4.78 is 0. The molecule has 4 rings (SSSR count). The molecule has 136 valence electrons. The van der Waals surface area contributed by atoms with Crippen LogP contribution in [0.1, 0.15) is 17.9 Å². The minimum Gasteiger partial charge on any atom is -0.344 e. The van der Waals surface area contributed by atoms with E-state index in [1.807, 2.05) is 36.4 Å². The van der Waals surface area contributed by atoms with Gasteiger partial charge in [0.2, 0.25) is 5.91 Å².